The number of aliphatic hydroxyl groups excluding tert-OH is 1. The zero-order valence-electron chi connectivity index (χ0n) is 10.3. The van der Waals surface area contributed by atoms with E-state index in [9.17, 15) is 4.79 Å². The smallest absolute Gasteiger partial charge is 0.251 e. The standard InChI is InChI=1S/C15H17NO2/c17-9-2-1-4-12-5-3-6-14(10-12)15(18)16-11-13-7-8-13/h3,5-6,10,13,17H,2,7-9,11H2,(H,16,18). The normalized spacial score (nSPS) is 13.6. The number of hydrogen-bond donors (Lipinski definition) is 2. The Kier molecular flexibility index (Phi) is 4.38. The van der Waals surface area contributed by atoms with Crippen LogP contribution in [0.25, 0.3) is 0 Å². The minimum atomic E-state index is -0.0345. The molecule has 1 aromatic rings. The largest absolute Gasteiger partial charge is 0.395 e. The molecular formula is C15H17NO2. The molecule has 1 aliphatic carbocycles. The number of benzene rings is 1. The van der Waals surface area contributed by atoms with Crippen LogP contribution in [0.1, 0.15) is 35.2 Å². The highest BCUT2D eigenvalue weighted by Gasteiger charge is 2.21. The molecule has 1 aromatic carbocycles. The van der Waals surface area contributed by atoms with Gasteiger partial charge in [0, 0.05) is 24.1 Å². The molecule has 18 heavy (non-hydrogen) atoms. The summed E-state index contributed by atoms with van der Waals surface area (Å²) in [5.41, 5.74) is 1.45. The van der Waals surface area contributed by atoms with Gasteiger partial charge in [-0.25, -0.2) is 0 Å². The summed E-state index contributed by atoms with van der Waals surface area (Å²) in [5.74, 6) is 6.42. The lowest BCUT2D eigenvalue weighted by Crippen LogP contribution is -2.25. The lowest BCUT2D eigenvalue weighted by molar-refractivity contribution is 0.0952. The Labute approximate surface area is 107 Å². The fraction of sp³-hybridized carbons (Fsp3) is 0.400. The summed E-state index contributed by atoms with van der Waals surface area (Å²) >= 11 is 0. The molecule has 3 nitrogen and oxygen atoms in total. The Morgan fingerprint density at radius 1 is 1.44 bits per heavy atom. The number of carbonyl (C=O) groups excluding carboxylic acids is 1. The Morgan fingerprint density at radius 3 is 3.00 bits per heavy atom. The molecule has 0 aliphatic heterocycles. The molecule has 3 heteroatoms. The van der Waals surface area contributed by atoms with Gasteiger partial charge in [0.25, 0.3) is 5.91 Å². The number of aliphatic hydroxyl groups is 1. The van der Waals surface area contributed by atoms with E-state index in [0.29, 0.717) is 17.9 Å². The highest BCUT2D eigenvalue weighted by Crippen LogP contribution is 2.27. The minimum Gasteiger partial charge on any atom is -0.395 e. The molecule has 0 atom stereocenters. The van der Waals surface area contributed by atoms with Crippen molar-refractivity contribution in [3.05, 3.63) is 35.4 Å². The van der Waals surface area contributed by atoms with Crippen LogP contribution in [-0.4, -0.2) is 24.2 Å². The first-order chi connectivity index (χ1) is 8.79. The van der Waals surface area contributed by atoms with Crippen LogP contribution < -0.4 is 5.32 Å². The lowest BCUT2D eigenvalue weighted by Gasteiger charge is -2.04. The van der Waals surface area contributed by atoms with E-state index in [1.807, 2.05) is 12.1 Å². The molecule has 0 unspecified atom stereocenters. The number of hydrogen-bond acceptors (Lipinski definition) is 2. The quantitative estimate of drug-likeness (QED) is 0.788. The summed E-state index contributed by atoms with van der Waals surface area (Å²) in [4.78, 5) is 11.9. The van der Waals surface area contributed by atoms with Crippen LogP contribution in [0.4, 0.5) is 0 Å². The van der Waals surface area contributed by atoms with E-state index >= 15 is 0 Å². The number of rotatable bonds is 4. The minimum absolute atomic E-state index is 0.0345. The highest BCUT2D eigenvalue weighted by molar-refractivity contribution is 5.94. The first-order valence-electron chi connectivity index (χ1n) is 6.27. The molecule has 94 valence electrons. The van der Waals surface area contributed by atoms with Crippen molar-refractivity contribution in [1.29, 1.82) is 0 Å². The summed E-state index contributed by atoms with van der Waals surface area (Å²) in [6.07, 6.45) is 2.91. The summed E-state index contributed by atoms with van der Waals surface area (Å²) in [7, 11) is 0. The third-order valence-electron chi connectivity index (χ3n) is 2.84. The number of nitrogens with one attached hydrogen (secondary N) is 1. The predicted octanol–water partition coefficient (Wildman–Crippen LogP) is 1.56. The summed E-state index contributed by atoms with van der Waals surface area (Å²) < 4.78 is 0. The van der Waals surface area contributed by atoms with E-state index in [0.717, 1.165) is 12.1 Å². The first-order valence-corrected chi connectivity index (χ1v) is 6.27. The van der Waals surface area contributed by atoms with Crippen LogP contribution in [0.15, 0.2) is 24.3 Å². The Bertz CT molecular complexity index is 481. The van der Waals surface area contributed by atoms with Gasteiger partial charge >= 0.3 is 0 Å². The van der Waals surface area contributed by atoms with Crippen molar-refractivity contribution in [3.63, 3.8) is 0 Å². The van der Waals surface area contributed by atoms with Crippen molar-refractivity contribution in [2.45, 2.75) is 19.3 Å². The Hall–Kier alpha value is -1.79. The summed E-state index contributed by atoms with van der Waals surface area (Å²) in [6, 6.07) is 7.27. The van der Waals surface area contributed by atoms with Gasteiger partial charge in [0.05, 0.1) is 6.61 Å². The van der Waals surface area contributed by atoms with Crippen molar-refractivity contribution < 1.29 is 9.90 Å². The van der Waals surface area contributed by atoms with E-state index in [2.05, 4.69) is 17.2 Å². The third-order valence-corrected chi connectivity index (χ3v) is 2.84. The topological polar surface area (TPSA) is 49.3 Å². The van der Waals surface area contributed by atoms with E-state index in [-0.39, 0.29) is 12.5 Å². The van der Waals surface area contributed by atoms with Crippen LogP contribution in [0.2, 0.25) is 0 Å². The summed E-state index contributed by atoms with van der Waals surface area (Å²) in [5, 5.41) is 11.6. The monoisotopic (exact) mass is 243 g/mol. The maximum Gasteiger partial charge on any atom is 0.251 e. The Morgan fingerprint density at radius 2 is 2.28 bits per heavy atom. The maximum atomic E-state index is 11.9. The third kappa shape index (κ3) is 3.90. The Balaban J connectivity index is 1.97. The molecule has 0 aromatic heterocycles. The van der Waals surface area contributed by atoms with Crippen molar-refractivity contribution in [2.24, 2.45) is 5.92 Å². The van der Waals surface area contributed by atoms with Crippen LogP contribution >= 0.6 is 0 Å². The highest BCUT2D eigenvalue weighted by atomic mass is 16.2. The van der Waals surface area contributed by atoms with Crippen LogP contribution in [0.5, 0.6) is 0 Å². The first kappa shape index (κ1) is 12.7. The average molecular weight is 243 g/mol. The maximum absolute atomic E-state index is 11.9. The molecule has 0 heterocycles. The SMILES string of the molecule is O=C(NCC1CC1)c1cccc(C#CCCO)c1. The molecule has 1 saturated carbocycles. The van der Waals surface area contributed by atoms with Crippen molar-refractivity contribution >= 4 is 5.91 Å². The van der Waals surface area contributed by atoms with E-state index in [1.54, 1.807) is 12.1 Å². The van der Waals surface area contributed by atoms with Crippen molar-refractivity contribution in [3.8, 4) is 11.8 Å². The molecule has 2 N–H and O–H groups in total. The van der Waals surface area contributed by atoms with Crippen LogP contribution in [0, 0.1) is 17.8 Å². The van der Waals surface area contributed by atoms with Gasteiger partial charge < -0.3 is 10.4 Å². The van der Waals surface area contributed by atoms with E-state index < -0.39 is 0 Å². The van der Waals surface area contributed by atoms with Crippen molar-refractivity contribution in [1.82, 2.24) is 5.32 Å². The zero-order chi connectivity index (χ0) is 12.8. The second-order valence-electron chi connectivity index (χ2n) is 4.51. The molecule has 0 spiro atoms. The zero-order valence-corrected chi connectivity index (χ0v) is 10.3. The van der Waals surface area contributed by atoms with Gasteiger partial charge in [0.15, 0.2) is 0 Å². The van der Waals surface area contributed by atoms with Gasteiger partial charge in [-0.3, -0.25) is 4.79 Å². The molecule has 1 amide bonds. The fourth-order valence-corrected chi connectivity index (χ4v) is 1.62. The van der Waals surface area contributed by atoms with Crippen LogP contribution in [-0.2, 0) is 0 Å². The average Bonchev–Trinajstić information content (AvgIpc) is 3.21. The molecule has 0 radical (unpaired) electrons. The van der Waals surface area contributed by atoms with E-state index in [4.69, 9.17) is 5.11 Å². The molecule has 2 rings (SSSR count). The van der Waals surface area contributed by atoms with Gasteiger partial charge in [0.1, 0.15) is 0 Å². The van der Waals surface area contributed by atoms with Crippen molar-refractivity contribution in [2.75, 3.05) is 13.2 Å². The lowest BCUT2D eigenvalue weighted by atomic mass is 10.1. The van der Waals surface area contributed by atoms with Gasteiger partial charge in [-0.1, -0.05) is 17.9 Å². The van der Waals surface area contributed by atoms with Gasteiger partial charge in [-0.2, -0.15) is 0 Å². The molecule has 0 bridgehead atoms. The number of carbonyl (C=O) groups is 1. The molecule has 1 aliphatic rings. The van der Waals surface area contributed by atoms with E-state index in [1.165, 1.54) is 12.8 Å². The number of amides is 1. The molecule has 0 saturated heterocycles. The fourth-order valence-electron chi connectivity index (χ4n) is 1.62. The second kappa shape index (κ2) is 6.23. The van der Waals surface area contributed by atoms with Crippen LogP contribution in [0.3, 0.4) is 0 Å². The second-order valence-corrected chi connectivity index (χ2v) is 4.51. The molecule has 1 fully saturated rings. The van der Waals surface area contributed by atoms with Gasteiger partial charge in [0.2, 0.25) is 0 Å². The van der Waals surface area contributed by atoms with Gasteiger partial charge in [-0.05, 0) is 37.0 Å². The molecular weight excluding hydrogens is 226 g/mol. The van der Waals surface area contributed by atoms with Gasteiger partial charge in [-0.15, -0.1) is 0 Å². The predicted molar refractivity (Wildman–Crippen MR) is 70.1 cm³/mol. The summed E-state index contributed by atoms with van der Waals surface area (Å²) in [6.45, 7) is 0.841.